The molecule has 0 aromatic heterocycles. The smallest absolute Gasteiger partial charge is 0.300 e. The fourth-order valence-corrected chi connectivity index (χ4v) is 2.91. The van der Waals surface area contributed by atoms with Crippen molar-refractivity contribution in [2.75, 3.05) is 0 Å². The second kappa shape index (κ2) is 7.63. The van der Waals surface area contributed by atoms with Gasteiger partial charge in [-0.25, -0.2) is 8.78 Å². The van der Waals surface area contributed by atoms with Crippen molar-refractivity contribution in [1.29, 1.82) is 0 Å². The summed E-state index contributed by atoms with van der Waals surface area (Å²) in [7, 11) is -5.49. The molecule has 2 aromatic rings. The molecule has 9 heteroatoms. The highest BCUT2D eigenvalue weighted by Gasteiger charge is 2.33. The molecule has 26 heavy (non-hydrogen) atoms. The van der Waals surface area contributed by atoms with E-state index in [0.29, 0.717) is 11.5 Å². The Morgan fingerprint density at radius 3 is 1.92 bits per heavy atom. The molecule has 0 fully saturated rings. The van der Waals surface area contributed by atoms with Gasteiger partial charge in [-0.15, -0.1) is 0 Å². The first-order valence-electron chi connectivity index (χ1n) is 7.63. The minimum absolute atomic E-state index is 0.316. The summed E-state index contributed by atoms with van der Waals surface area (Å²) >= 11 is 0. The van der Waals surface area contributed by atoms with Crippen LogP contribution < -0.4 is 4.74 Å². The van der Waals surface area contributed by atoms with Crippen molar-refractivity contribution < 1.29 is 35.3 Å². The average Bonchev–Trinajstić information content (AvgIpc) is 2.59. The van der Waals surface area contributed by atoms with Crippen LogP contribution in [0.5, 0.6) is 5.75 Å². The van der Waals surface area contributed by atoms with Gasteiger partial charge < -0.3 is 4.74 Å². The summed E-state index contributed by atoms with van der Waals surface area (Å²) in [6, 6.07) is 6.86. The van der Waals surface area contributed by atoms with Crippen LogP contribution in [0.15, 0.2) is 29.2 Å². The topological polar surface area (TPSA) is 63.6 Å². The van der Waals surface area contributed by atoms with Crippen molar-refractivity contribution in [2.24, 2.45) is 0 Å². The number of halogens is 4. The van der Waals surface area contributed by atoms with Crippen LogP contribution in [0.3, 0.4) is 0 Å². The Kier molecular flexibility index (Phi) is 5.92. The molecule has 1 N–H and O–H groups in total. The summed E-state index contributed by atoms with van der Waals surface area (Å²) in [6.07, 6.45) is 0.922. The van der Waals surface area contributed by atoms with Gasteiger partial charge >= 0.3 is 10.1 Å². The molecule has 2 aromatic carbocycles. The lowest BCUT2D eigenvalue weighted by atomic mass is 9.98. The van der Waals surface area contributed by atoms with Crippen molar-refractivity contribution in [3.8, 4) is 5.75 Å². The summed E-state index contributed by atoms with van der Waals surface area (Å²) in [4.78, 5) is -2.10. The molecule has 0 bridgehead atoms. The van der Waals surface area contributed by atoms with Crippen molar-refractivity contribution in [2.45, 2.75) is 37.7 Å². The first kappa shape index (κ1) is 20.2. The molecule has 0 amide bonds. The zero-order valence-electron chi connectivity index (χ0n) is 13.9. The number of hydrogen-bond donors (Lipinski definition) is 1. The lowest BCUT2D eigenvalue weighted by Gasteiger charge is -2.13. The molecule has 142 valence electrons. The number of rotatable bonds is 6. The monoisotopic (exact) mass is 392 g/mol. The third-order valence-electron chi connectivity index (χ3n) is 3.99. The molecule has 0 heterocycles. The predicted molar refractivity (Wildman–Crippen MR) is 85.6 cm³/mol. The Balaban J connectivity index is 2.31. The number of hydrogen-bond acceptors (Lipinski definition) is 3. The third-order valence-corrected chi connectivity index (χ3v) is 4.86. The molecular weight excluding hydrogens is 376 g/mol. The molecule has 0 saturated carbocycles. The molecule has 0 aliphatic carbocycles. The highest BCUT2D eigenvalue weighted by molar-refractivity contribution is 7.85. The van der Waals surface area contributed by atoms with E-state index < -0.39 is 50.6 Å². The van der Waals surface area contributed by atoms with Crippen molar-refractivity contribution in [1.82, 2.24) is 0 Å². The van der Waals surface area contributed by atoms with Gasteiger partial charge in [-0.1, -0.05) is 38.1 Å². The van der Waals surface area contributed by atoms with Gasteiger partial charge in [0.05, 0.1) is 0 Å². The fourth-order valence-electron chi connectivity index (χ4n) is 2.28. The lowest BCUT2D eigenvalue weighted by Crippen LogP contribution is -2.12. The first-order chi connectivity index (χ1) is 12.1. The Labute approximate surface area is 148 Å². The molecule has 0 aliphatic heterocycles. The maximum atomic E-state index is 13.9. The fraction of sp³-hybridized carbons (Fsp3) is 0.294. The zero-order chi connectivity index (χ0) is 19.6. The molecule has 2 rings (SSSR count). The van der Waals surface area contributed by atoms with E-state index in [1.165, 1.54) is 0 Å². The average molecular weight is 392 g/mol. The van der Waals surface area contributed by atoms with Gasteiger partial charge in [0, 0.05) is 0 Å². The number of ether oxygens (including phenoxy) is 1. The predicted octanol–water partition coefficient (Wildman–Crippen LogP) is 4.58. The van der Waals surface area contributed by atoms with Gasteiger partial charge in [0.25, 0.3) is 0 Å². The van der Waals surface area contributed by atoms with Crippen LogP contribution in [0.2, 0.25) is 0 Å². The quantitative estimate of drug-likeness (QED) is 0.444. The normalized spacial score (nSPS) is 12.9. The molecular formula is C17H16F4O4S. The van der Waals surface area contributed by atoms with Gasteiger partial charge in [-0.05, 0) is 23.5 Å². The zero-order valence-corrected chi connectivity index (χ0v) is 14.7. The first-order valence-corrected chi connectivity index (χ1v) is 9.07. The second-order valence-corrected chi connectivity index (χ2v) is 7.09. The van der Waals surface area contributed by atoms with Crippen molar-refractivity contribution in [3.63, 3.8) is 0 Å². The van der Waals surface area contributed by atoms with Gasteiger partial charge in [0.1, 0.15) is 6.61 Å². The molecule has 0 saturated heterocycles. The minimum atomic E-state index is -5.49. The van der Waals surface area contributed by atoms with Gasteiger partial charge in [0.2, 0.25) is 11.6 Å². The third kappa shape index (κ3) is 3.99. The molecule has 0 spiro atoms. The van der Waals surface area contributed by atoms with E-state index in [0.717, 1.165) is 12.0 Å². The van der Waals surface area contributed by atoms with E-state index in [2.05, 4.69) is 0 Å². The summed E-state index contributed by atoms with van der Waals surface area (Å²) in [5.74, 6) is -9.70. The standard InChI is InChI=1S/C17H16F4O4S/c1-3-9(2)11-6-4-10(5-7-11)8-25-16-12(18)14(20)17(26(22,23)24)15(21)13(16)19/h4-7,9H,3,8H2,1-2H3,(H,22,23,24). The van der Waals surface area contributed by atoms with E-state index in [1.807, 2.05) is 13.8 Å². The van der Waals surface area contributed by atoms with Crippen LogP contribution in [0.4, 0.5) is 17.6 Å². The van der Waals surface area contributed by atoms with Crippen LogP contribution in [0.1, 0.15) is 37.3 Å². The Bertz CT molecular complexity index is 882. The maximum absolute atomic E-state index is 13.9. The Morgan fingerprint density at radius 1 is 1.00 bits per heavy atom. The molecule has 1 unspecified atom stereocenters. The van der Waals surface area contributed by atoms with Gasteiger partial charge in [0.15, 0.2) is 22.3 Å². The minimum Gasteiger partial charge on any atom is -0.483 e. The number of benzene rings is 2. The summed E-state index contributed by atoms with van der Waals surface area (Å²) < 4.78 is 90.4. The molecule has 1 atom stereocenters. The van der Waals surface area contributed by atoms with E-state index >= 15 is 0 Å². The Morgan fingerprint density at radius 2 is 1.50 bits per heavy atom. The maximum Gasteiger partial charge on any atom is 0.300 e. The Hall–Kier alpha value is -2.13. The van der Waals surface area contributed by atoms with E-state index in [-0.39, 0.29) is 0 Å². The summed E-state index contributed by atoms with van der Waals surface area (Å²) in [6.45, 7) is 3.64. The highest BCUT2D eigenvalue weighted by Crippen LogP contribution is 2.33. The highest BCUT2D eigenvalue weighted by atomic mass is 32.2. The van der Waals surface area contributed by atoms with Crippen LogP contribution in [0, 0.1) is 23.3 Å². The molecule has 0 radical (unpaired) electrons. The van der Waals surface area contributed by atoms with Crippen molar-refractivity contribution >= 4 is 10.1 Å². The lowest BCUT2D eigenvalue weighted by molar-refractivity contribution is 0.257. The van der Waals surface area contributed by atoms with E-state index in [9.17, 15) is 26.0 Å². The molecule has 4 nitrogen and oxygen atoms in total. The van der Waals surface area contributed by atoms with Crippen LogP contribution >= 0.6 is 0 Å². The van der Waals surface area contributed by atoms with E-state index in [1.54, 1.807) is 24.3 Å². The molecule has 0 aliphatic rings. The van der Waals surface area contributed by atoms with Crippen LogP contribution in [-0.4, -0.2) is 13.0 Å². The van der Waals surface area contributed by atoms with Gasteiger partial charge in [-0.3, -0.25) is 4.55 Å². The SMILES string of the molecule is CCC(C)c1ccc(COc2c(F)c(F)c(S(=O)(=O)O)c(F)c2F)cc1. The van der Waals surface area contributed by atoms with Gasteiger partial charge in [-0.2, -0.15) is 17.2 Å². The van der Waals surface area contributed by atoms with Crippen molar-refractivity contribution in [3.05, 3.63) is 58.7 Å². The van der Waals surface area contributed by atoms with Crippen LogP contribution in [-0.2, 0) is 16.7 Å². The summed E-state index contributed by atoms with van der Waals surface area (Å²) in [5.41, 5.74) is 1.53. The summed E-state index contributed by atoms with van der Waals surface area (Å²) in [5, 5.41) is 0. The van der Waals surface area contributed by atoms with Crippen LogP contribution in [0.25, 0.3) is 0 Å². The van der Waals surface area contributed by atoms with E-state index in [4.69, 9.17) is 9.29 Å². The second-order valence-electron chi connectivity index (χ2n) is 5.73. The largest absolute Gasteiger partial charge is 0.483 e.